The van der Waals surface area contributed by atoms with E-state index in [0.29, 0.717) is 0 Å². The molecule has 18 nitrogen and oxygen atoms in total. The minimum absolute atomic E-state index is 0.0719. The zero-order chi connectivity index (χ0) is 27.9. The lowest BCUT2D eigenvalue weighted by Crippen LogP contribution is -2.33. The fraction of sp³-hybridized carbons (Fsp3) is 0.526. The molecule has 8 atom stereocenters. The first-order chi connectivity index (χ1) is 18.0. The Hall–Kier alpha value is -3.27. The summed E-state index contributed by atoms with van der Waals surface area (Å²) in [6.45, 7) is -0.885. The largest absolute Gasteiger partial charge is 0.394 e. The average Bonchev–Trinajstić information content (AvgIpc) is 3.61. The summed E-state index contributed by atoms with van der Waals surface area (Å²) in [6.07, 6.45) is -6.39. The van der Waals surface area contributed by atoms with E-state index < -0.39 is 73.8 Å². The van der Waals surface area contributed by atoms with Crippen molar-refractivity contribution < 1.29 is 44.9 Å². The molecule has 0 bridgehead atoms. The second kappa shape index (κ2) is 10.8. The van der Waals surface area contributed by atoms with Crippen LogP contribution in [0.25, 0.3) is 11.2 Å². The molecular formula is C19H26N8O10S. The van der Waals surface area contributed by atoms with Gasteiger partial charge in [-0.3, -0.25) is 23.7 Å². The lowest BCUT2D eigenvalue weighted by atomic mass is 10.1. The van der Waals surface area contributed by atoms with Gasteiger partial charge in [0.2, 0.25) is 0 Å². The Kier molecular flexibility index (Phi) is 7.92. The number of carbonyl (C=O) groups is 1. The molecule has 208 valence electrons. The first-order valence-corrected chi connectivity index (χ1v) is 11.5. The zero-order valence-electron chi connectivity index (χ0n) is 19.4. The molecule has 5 rings (SSSR count). The maximum absolute atomic E-state index is 11.7. The van der Waals surface area contributed by atoms with E-state index in [4.69, 9.17) is 43.4 Å². The Morgan fingerprint density at radius 1 is 0.947 bits per heavy atom. The highest BCUT2D eigenvalue weighted by Crippen LogP contribution is 2.32. The third-order valence-corrected chi connectivity index (χ3v) is 6.32. The molecule has 2 fully saturated rings. The summed E-state index contributed by atoms with van der Waals surface area (Å²) in [7, 11) is 0. The van der Waals surface area contributed by atoms with Crippen molar-refractivity contribution in [2.24, 2.45) is 5.73 Å². The summed E-state index contributed by atoms with van der Waals surface area (Å²) in [5.74, 6) is -0.879. The smallest absolute Gasteiger partial charge is 0.279 e. The molecule has 2 aliphatic rings. The van der Waals surface area contributed by atoms with Crippen molar-refractivity contribution in [3.8, 4) is 0 Å². The quantitative estimate of drug-likeness (QED) is 0.132. The molecular weight excluding hydrogens is 532 g/mol. The van der Waals surface area contributed by atoms with Gasteiger partial charge in [-0.05, 0) is 12.2 Å². The highest BCUT2D eigenvalue weighted by Gasteiger charge is 2.45. The average molecular weight is 559 g/mol. The van der Waals surface area contributed by atoms with E-state index in [2.05, 4.69) is 19.9 Å². The molecule has 0 aromatic carbocycles. The van der Waals surface area contributed by atoms with Gasteiger partial charge in [0.1, 0.15) is 48.1 Å². The maximum Gasteiger partial charge on any atom is 0.279 e. The number of primary amides is 1. The number of aliphatic hydroxyl groups excluding tert-OH is 6. The third kappa shape index (κ3) is 4.81. The topological polar surface area (TPSA) is 293 Å². The van der Waals surface area contributed by atoms with Gasteiger partial charge in [0, 0.05) is 0 Å². The van der Waals surface area contributed by atoms with E-state index >= 15 is 0 Å². The summed E-state index contributed by atoms with van der Waals surface area (Å²) in [4.78, 5) is 35.4. The predicted octanol–water partition coefficient (Wildman–Crippen LogP) is -4.43. The van der Waals surface area contributed by atoms with E-state index in [-0.39, 0.29) is 27.4 Å². The minimum atomic E-state index is -1.29. The van der Waals surface area contributed by atoms with Crippen LogP contribution in [0, 0.1) is 4.77 Å². The van der Waals surface area contributed by atoms with Crippen LogP contribution < -0.4 is 17.0 Å². The number of nitrogens with one attached hydrogen (secondary N) is 2. The monoisotopic (exact) mass is 558 g/mol. The molecule has 0 spiro atoms. The van der Waals surface area contributed by atoms with Crippen molar-refractivity contribution in [3.05, 3.63) is 33.5 Å². The van der Waals surface area contributed by atoms with Gasteiger partial charge in [-0.25, -0.2) is 9.97 Å². The molecule has 0 aliphatic carbocycles. The van der Waals surface area contributed by atoms with Crippen LogP contribution in [0.2, 0.25) is 0 Å². The number of hydrogen-bond acceptors (Lipinski definition) is 14. The number of rotatable bonds is 5. The molecule has 2 unspecified atom stereocenters. The Morgan fingerprint density at radius 2 is 1.47 bits per heavy atom. The number of aliphatic hydroxyl groups is 6. The summed E-state index contributed by atoms with van der Waals surface area (Å²) in [5, 5.41) is 57.1. The van der Waals surface area contributed by atoms with Crippen LogP contribution >= 0.6 is 12.2 Å². The van der Waals surface area contributed by atoms with E-state index in [1.165, 1.54) is 21.8 Å². The third-order valence-electron chi connectivity index (χ3n) is 6.12. The summed E-state index contributed by atoms with van der Waals surface area (Å²) >= 11 is 4.88. The van der Waals surface area contributed by atoms with Crippen molar-refractivity contribution in [1.82, 2.24) is 29.1 Å². The number of fused-ring (bicyclic) bond motifs is 1. The maximum atomic E-state index is 11.7. The second-order valence-corrected chi connectivity index (χ2v) is 8.87. The number of nitrogen functional groups attached to an aromatic ring is 1. The number of imidazole rings is 2. The van der Waals surface area contributed by atoms with Gasteiger partial charge in [-0.15, -0.1) is 0 Å². The van der Waals surface area contributed by atoms with Gasteiger partial charge < -0.3 is 56.6 Å². The molecule has 2 aliphatic heterocycles. The summed E-state index contributed by atoms with van der Waals surface area (Å²) < 4.78 is 13.3. The predicted molar refractivity (Wildman–Crippen MR) is 127 cm³/mol. The normalized spacial score (nSPS) is 30.9. The Balaban J connectivity index is 0.000000178. The molecule has 0 saturated carbocycles. The van der Waals surface area contributed by atoms with Crippen molar-refractivity contribution in [3.63, 3.8) is 0 Å². The molecule has 0 radical (unpaired) electrons. The fourth-order valence-corrected chi connectivity index (χ4v) is 4.32. The number of nitrogens with two attached hydrogens (primary N) is 2. The lowest BCUT2D eigenvalue weighted by Gasteiger charge is -2.17. The number of hydrogen-bond donors (Lipinski definition) is 10. The van der Waals surface area contributed by atoms with E-state index in [1.54, 1.807) is 0 Å². The SMILES string of the molecule is NC(=O)c1ncn([C@@H]2O[C@H](CO)[C@H](O)C2O)c1N.O=c1[nH]c(=S)[nH]c2c1ncn2[C@@H]1O[C@H](CO)[C@H](O)C1O. The van der Waals surface area contributed by atoms with E-state index in [1.807, 2.05) is 0 Å². The van der Waals surface area contributed by atoms with Gasteiger partial charge in [0.25, 0.3) is 11.5 Å². The number of aromatic nitrogens is 6. The molecule has 2 saturated heterocycles. The van der Waals surface area contributed by atoms with Crippen molar-refractivity contribution in [2.75, 3.05) is 18.9 Å². The molecule has 38 heavy (non-hydrogen) atoms. The van der Waals surface area contributed by atoms with Crippen LogP contribution in [0.5, 0.6) is 0 Å². The molecule has 12 N–H and O–H groups in total. The molecule has 1 amide bonds. The van der Waals surface area contributed by atoms with Gasteiger partial charge >= 0.3 is 0 Å². The number of anilines is 1. The van der Waals surface area contributed by atoms with E-state index in [9.17, 15) is 30.0 Å². The molecule has 19 heteroatoms. The van der Waals surface area contributed by atoms with E-state index in [0.717, 1.165) is 0 Å². The number of amides is 1. The zero-order valence-corrected chi connectivity index (χ0v) is 20.2. The minimum Gasteiger partial charge on any atom is -0.394 e. The number of nitrogens with zero attached hydrogens (tertiary/aromatic N) is 4. The van der Waals surface area contributed by atoms with Crippen LogP contribution in [0.3, 0.4) is 0 Å². The number of ether oxygens (including phenoxy) is 2. The van der Waals surface area contributed by atoms with Crippen molar-refractivity contribution >= 4 is 35.1 Å². The summed E-state index contributed by atoms with van der Waals surface area (Å²) in [5.41, 5.74) is 10.5. The van der Waals surface area contributed by atoms with Crippen LogP contribution in [-0.4, -0.2) is 115 Å². The Labute approximate surface area is 216 Å². The molecule has 3 aromatic rings. The highest BCUT2D eigenvalue weighted by molar-refractivity contribution is 7.71. The molecule has 5 heterocycles. The number of H-pyrrole nitrogens is 2. The second-order valence-electron chi connectivity index (χ2n) is 8.46. The van der Waals surface area contributed by atoms with Crippen LogP contribution in [0.4, 0.5) is 5.82 Å². The van der Waals surface area contributed by atoms with Crippen LogP contribution in [-0.2, 0) is 9.47 Å². The van der Waals surface area contributed by atoms with Gasteiger partial charge in [0.15, 0.2) is 28.4 Å². The van der Waals surface area contributed by atoms with Gasteiger partial charge in [-0.2, -0.15) is 0 Å². The number of carbonyl (C=O) groups excluding carboxylic acids is 1. The van der Waals surface area contributed by atoms with Crippen molar-refractivity contribution in [2.45, 2.75) is 49.1 Å². The fourth-order valence-electron chi connectivity index (χ4n) is 4.13. The number of aromatic amines is 2. The Morgan fingerprint density at radius 3 is 1.95 bits per heavy atom. The van der Waals surface area contributed by atoms with Crippen molar-refractivity contribution in [1.29, 1.82) is 0 Å². The summed E-state index contributed by atoms with van der Waals surface area (Å²) in [6, 6.07) is 0. The van der Waals surface area contributed by atoms with Gasteiger partial charge in [0.05, 0.1) is 25.9 Å². The first-order valence-electron chi connectivity index (χ1n) is 11.1. The highest BCUT2D eigenvalue weighted by atomic mass is 32.1. The van der Waals surface area contributed by atoms with Crippen LogP contribution in [0.1, 0.15) is 22.9 Å². The standard InChI is InChI=1S/C10H12N4O5S.C9H14N4O5/c15-1-3-5(16)6(17)9(19-3)14-2-11-4-7(14)12-10(20)13-8(4)18;10-7-4(8(11)17)12-2-13(7)9-6(16)5(15)3(1-14)18-9/h2-3,5-6,9,15-17H,1H2,(H2,12,13,18,20);2-3,5-6,9,14-16H,1,10H2,(H2,11,17)/t2*3-,5+,6?,9-/m11/s1. The van der Waals surface area contributed by atoms with Crippen LogP contribution in [0.15, 0.2) is 17.4 Å². The molecule has 3 aromatic heterocycles. The Bertz CT molecular complexity index is 1420. The van der Waals surface area contributed by atoms with Gasteiger partial charge in [-0.1, -0.05) is 0 Å². The first kappa shape index (κ1) is 27.8. The lowest BCUT2D eigenvalue weighted by molar-refractivity contribution is -0.0518.